The summed E-state index contributed by atoms with van der Waals surface area (Å²) in [5.41, 5.74) is -0.480. The predicted molar refractivity (Wildman–Crippen MR) is 82.3 cm³/mol. The van der Waals surface area contributed by atoms with E-state index >= 15 is 0 Å². The van der Waals surface area contributed by atoms with Crippen LogP contribution < -0.4 is 0 Å². The topological polar surface area (TPSA) is 42.0 Å². The van der Waals surface area contributed by atoms with Gasteiger partial charge < -0.3 is 14.4 Å². The van der Waals surface area contributed by atoms with Gasteiger partial charge in [0.25, 0.3) is 5.91 Å². The Morgan fingerprint density at radius 2 is 1.95 bits per heavy atom. The molecule has 2 rings (SSSR count). The third-order valence-electron chi connectivity index (χ3n) is 4.46. The molecule has 0 atom stereocenters. The molecule has 2 fully saturated rings. The van der Waals surface area contributed by atoms with Crippen LogP contribution in [0.3, 0.4) is 0 Å². The molecule has 1 saturated heterocycles. The lowest BCUT2D eigenvalue weighted by atomic mass is 10.2. The summed E-state index contributed by atoms with van der Waals surface area (Å²) in [6.45, 7) is 10.8. The van der Waals surface area contributed by atoms with Crippen LogP contribution in [0, 0.1) is 0 Å². The lowest BCUT2D eigenvalue weighted by Gasteiger charge is -2.26. The molecule has 0 N–H and O–H groups in total. The largest absolute Gasteiger partial charge is 0.380 e. The van der Waals surface area contributed by atoms with Gasteiger partial charge in [-0.3, -0.25) is 9.69 Å². The zero-order valence-corrected chi connectivity index (χ0v) is 13.6. The molecule has 1 aliphatic carbocycles. The number of rotatable bonds is 5. The van der Waals surface area contributed by atoms with Gasteiger partial charge in [0.05, 0.1) is 13.2 Å². The number of hydrogen-bond donors (Lipinski definition) is 0. The fourth-order valence-corrected chi connectivity index (χ4v) is 2.91. The second kappa shape index (κ2) is 8.11. The average Bonchev–Trinajstić information content (AvgIpc) is 3.27. The quantitative estimate of drug-likeness (QED) is 0.722. The summed E-state index contributed by atoms with van der Waals surface area (Å²) in [4.78, 5) is 16.9. The Labute approximate surface area is 128 Å². The number of carbonyl (C=O) groups excluding carboxylic acids is 1. The highest BCUT2D eigenvalue weighted by atomic mass is 16.5. The Hall–Kier alpha value is -0.650. The summed E-state index contributed by atoms with van der Waals surface area (Å²) in [7, 11) is 0. The SMILES string of the molecule is CCOCCN1CCCCN(CC)C(=O)C2(CC2)OCC1. The van der Waals surface area contributed by atoms with E-state index in [4.69, 9.17) is 9.47 Å². The fourth-order valence-electron chi connectivity index (χ4n) is 2.91. The molecule has 0 unspecified atom stereocenters. The maximum Gasteiger partial charge on any atom is 0.254 e. The first kappa shape index (κ1) is 16.7. The molecule has 21 heavy (non-hydrogen) atoms. The van der Waals surface area contributed by atoms with Gasteiger partial charge in [0.1, 0.15) is 5.60 Å². The number of ether oxygens (including phenoxy) is 2. The van der Waals surface area contributed by atoms with Crippen LogP contribution in [0.15, 0.2) is 0 Å². The zero-order valence-electron chi connectivity index (χ0n) is 13.6. The van der Waals surface area contributed by atoms with Crippen molar-refractivity contribution in [2.24, 2.45) is 0 Å². The minimum Gasteiger partial charge on any atom is -0.380 e. The van der Waals surface area contributed by atoms with Crippen LogP contribution in [0.2, 0.25) is 0 Å². The van der Waals surface area contributed by atoms with Crippen LogP contribution >= 0.6 is 0 Å². The van der Waals surface area contributed by atoms with Crippen LogP contribution in [0.5, 0.6) is 0 Å². The van der Waals surface area contributed by atoms with Crippen LogP contribution in [-0.2, 0) is 14.3 Å². The number of carbonyl (C=O) groups is 1. The van der Waals surface area contributed by atoms with E-state index in [0.717, 1.165) is 71.6 Å². The lowest BCUT2D eigenvalue weighted by Crippen LogP contribution is -2.43. The first-order valence-corrected chi connectivity index (χ1v) is 8.45. The minimum atomic E-state index is -0.480. The molecule has 5 nitrogen and oxygen atoms in total. The van der Waals surface area contributed by atoms with Crippen molar-refractivity contribution in [1.82, 2.24) is 9.80 Å². The zero-order chi connectivity index (χ0) is 15.1. The van der Waals surface area contributed by atoms with Gasteiger partial charge >= 0.3 is 0 Å². The van der Waals surface area contributed by atoms with Crippen LogP contribution in [-0.4, -0.2) is 73.9 Å². The molecule has 2 aliphatic rings. The maximum absolute atomic E-state index is 12.6. The summed E-state index contributed by atoms with van der Waals surface area (Å²) in [6.07, 6.45) is 3.98. The van der Waals surface area contributed by atoms with E-state index in [1.807, 2.05) is 11.8 Å². The van der Waals surface area contributed by atoms with Gasteiger partial charge in [-0.2, -0.15) is 0 Å². The number of amides is 1. The van der Waals surface area contributed by atoms with E-state index in [1.54, 1.807) is 0 Å². The highest BCUT2D eigenvalue weighted by Crippen LogP contribution is 2.41. The Bertz CT molecular complexity index is 331. The van der Waals surface area contributed by atoms with Crippen molar-refractivity contribution in [1.29, 1.82) is 0 Å². The third kappa shape index (κ3) is 4.66. The Kier molecular flexibility index (Phi) is 6.45. The van der Waals surface area contributed by atoms with Crippen LogP contribution in [0.4, 0.5) is 0 Å². The third-order valence-corrected chi connectivity index (χ3v) is 4.46. The summed E-state index contributed by atoms with van der Waals surface area (Å²) < 4.78 is 11.4. The summed E-state index contributed by atoms with van der Waals surface area (Å²) in [5, 5.41) is 0. The van der Waals surface area contributed by atoms with E-state index in [2.05, 4.69) is 11.8 Å². The fraction of sp³-hybridized carbons (Fsp3) is 0.938. The molecule has 0 aromatic heterocycles. The standard InChI is InChI=1S/C16H30N2O3/c1-3-18-10-6-5-9-17(11-13-20-4-2)12-14-21-16(7-8-16)15(18)19/h3-14H2,1-2H3. The molecule has 0 radical (unpaired) electrons. The monoisotopic (exact) mass is 298 g/mol. The molecule has 0 bridgehead atoms. The van der Waals surface area contributed by atoms with Crippen LogP contribution in [0.1, 0.15) is 39.5 Å². The van der Waals surface area contributed by atoms with E-state index in [0.29, 0.717) is 6.61 Å². The van der Waals surface area contributed by atoms with Crippen molar-refractivity contribution in [3.63, 3.8) is 0 Å². The van der Waals surface area contributed by atoms with E-state index in [9.17, 15) is 4.79 Å². The van der Waals surface area contributed by atoms with Crippen molar-refractivity contribution in [2.75, 3.05) is 52.5 Å². The Balaban J connectivity index is 1.89. The van der Waals surface area contributed by atoms with Gasteiger partial charge in [-0.25, -0.2) is 0 Å². The predicted octanol–water partition coefficient (Wildman–Crippen LogP) is 1.52. The molecule has 1 heterocycles. The molecular weight excluding hydrogens is 268 g/mol. The van der Waals surface area contributed by atoms with E-state index in [-0.39, 0.29) is 5.91 Å². The van der Waals surface area contributed by atoms with Gasteiger partial charge in [-0.1, -0.05) is 0 Å². The molecule has 1 amide bonds. The second-order valence-corrected chi connectivity index (χ2v) is 5.97. The van der Waals surface area contributed by atoms with Crippen molar-refractivity contribution in [2.45, 2.75) is 45.1 Å². The highest BCUT2D eigenvalue weighted by Gasteiger charge is 2.52. The number of nitrogens with zero attached hydrogens (tertiary/aromatic N) is 2. The number of likely N-dealkylation sites (N-methyl/N-ethyl adjacent to an activating group) is 1. The normalized spacial score (nSPS) is 24.1. The first-order valence-electron chi connectivity index (χ1n) is 8.45. The van der Waals surface area contributed by atoms with Gasteiger partial charge in [-0.05, 0) is 46.1 Å². The van der Waals surface area contributed by atoms with Gasteiger partial charge in [0.15, 0.2) is 0 Å². The summed E-state index contributed by atoms with van der Waals surface area (Å²) in [5.74, 6) is 0.216. The molecule has 0 aromatic rings. The molecule has 1 saturated carbocycles. The molecular formula is C16H30N2O3. The molecule has 122 valence electrons. The van der Waals surface area contributed by atoms with Gasteiger partial charge in [-0.15, -0.1) is 0 Å². The summed E-state index contributed by atoms with van der Waals surface area (Å²) >= 11 is 0. The first-order chi connectivity index (χ1) is 10.2. The summed E-state index contributed by atoms with van der Waals surface area (Å²) in [6, 6.07) is 0. The molecule has 1 spiro atoms. The minimum absolute atomic E-state index is 0.216. The van der Waals surface area contributed by atoms with Crippen molar-refractivity contribution in [3.8, 4) is 0 Å². The van der Waals surface area contributed by atoms with Crippen LogP contribution in [0.25, 0.3) is 0 Å². The maximum atomic E-state index is 12.6. The van der Waals surface area contributed by atoms with Crippen molar-refractivity contribution >= 4 is 5.91 Å². The molecule has 0 aromatic carbocycles. The smallest absolute Gasteiger partial charge is 0.254 e. The van der Waals surface area contributed by atoms with E-state index < -0.39 is 5.60 Å². The Morgan fingerprint density at radius 3 is 2.62 bits per heavy atom. The van der Waals surface area contributed by atoms with Crippen molar-refractivity contribution < 1.29 is 14.3 Å². The van der Waals surface area contributed by atoms with Crippen molar-refractivity contribution in [3.05, 3.63) is 0 Å². The van der Waals surface area contributed by atoms with Gasteiger partial charge in [0.2, 0.25) is 0 Å². The highest BCUT2D eigenvalue weighted by molar-refractivity contribution is 5.88. The lowest BCUT2D eigenvalue weighted by molar-refractivity contribution is -0.146. The number of hydrogen-bond acceptors (Lipinski definition) is 4. The second-order valence-electron chi connectivity index (χ2n) is 5.97. The molecule has 5 heteroatoms. The van der Waals surface area contributed by atoms with E-state index in [1.165, 1.54) is 0 Å². The van der Waals surface area contributed by atoms with Gasteiger partial charge in [0, 0.05) is 32.8 Å². The molecule has 1 aliphatic heterocycles. The average molecular weight is 298 g/mol. The Morgan fingerprint density at radius 1 is 1.19 bits per heavy atom.